The number of halogens is 1. The third-order valence-electron chi connectivity index (χ3n) is 6.37. The lowest BCUT2D eigenvalue weighted by molar-refractivity contribution is -0.119. The molecule has 34 heavy (non-hydrogen) atoms. The largest absolute Gasteiger partial charge is 0.379 e. The van der Waals surface area contributed by atoms with Crippen molar-refractivity contribution < 1.29 is 18.7 Å². The van der Waals surface area contributed by atoms with Gasteiger partial charge >= 0.3 is 0 Å². The van der Waals surface area contributed by atoms with Gasteiger partial charge in [0.05, 0.1) is 24.4 Å². The van der Waals surface area contributed by atoms with Crippen molar-refractivity contribution in [1.82, 2.24) is 14.8 Å². The summed E-state index contributed by atoms with van der Waals surface area (Å²) in [7, 11) is 1.70. The predicted molar refractivity (Wildman–Crippen MR) is 125 cm³/mol. The first-order valence-electron chi connectivity index (χ1n) is 11.2. The molecule has 1 fully saturated rings. The Morgan fingerprint density at radius 3 is 2.56 bits per heavy atom. The number of likely N-dealkylation sites (N-methyl/N-ethyl adjacent to an activating group) is 1. The van der Waals surface area contributed by atoms with E-state index >= 15 is 0 Å². The van der Waals surface area contributed by atoms with Crippen LogP contribution in [0.3, 0.4) is 0 Å². The number of nitrogens with one attached hydrogen (secondary N) is 1. The molecule has 0 saturated carbocycles. The van der Waals surface area contributed by atoms with Crippen LogP contribution in [0, 0.1) is 5.82 Å². The van der Waals surface area contributed by atoms with Crippen LogP contribution >= 0.6 is 0 Å². The fourth-order valence-electron chi connectivity index (χ4n) is 4.49. The van der Waals surface area contributed by atoms with Crippen LogP contribution in [0.25, 0.3) is 10.9 Å². The molecule has 9 heteroatoms. The summed E-state index contributed by atoms with van der Waals surface area (Å²) in [4.78, 5) is 42.9. The van der Waals surface area contributed by atoms with E-state index in [1.54, 1.807) is 28.6 Å². The first-order valence-corrected chi connectivity index (χ1v) is 11.2. The number of benzene rings is 2. The Morgan fingerprint density at radius 1 is 1.09 bits per heavy atom. The molecule has 0 unspecified atom stereocenters. The maximum atomic E-state index is 13.4. The first-order chi connectivity index (χ1) is 16.4. The fourth-order valence-corrected chi connectivity index (χ4v) is 4.49. The molecule has 2 amide bonds. The van der Waals surface area contributed by atoms with Gasteiger partial charge < -0.3 is 19.5 Å². The molecule has 8 nitrogen and oxygen atoms in total. The fraction of sp³-hybridized carbons (Fsp3) is 0.320. The van der Waals surface area contributed by atoms with Crippen molar-refractivity contribution in [3.05, 3.63) is 75.3 Å². The van der Waals surface area contributed by atoms with Crippen LogP contribution in [0.1, 0.15) is 21.5 Å². The molecule has 0 spiro atoms. The number of morpholine rings is 1. The second-order valence-electron chi connectivity index (χ2n) is 8.66. The molecule has 3 aromatic rings. The van der Waals surface area contributed by atoms with Gasteiger partial charge in [-0.1, -0.05) is 12.1 Å². The van der Waals surface area contributed by atoms with E-state index in [9.17, 15) is 18.8 Å². The molecule has 0 aliphatic carbocycles. The lowest BCUT2D eigenvalue weighted by atomic mass is 10.0. The van der Waals surface area contributed by atoms with Crippen LogP contribution in [0.15, 0.2) is 47.4 Å². The second kappa shape index (κ2) is 9.00. The Morgan fingerprint density at radius 2 is 1.82 bits per heavy atom. The van der Waals surface area contributed by atoms with Gasteiger partial charge in [0.2, 0.25) is 11.3 Å². The third kappa shape index (κ3) is 4.20. The van der Waals surface area contributed by atoms with Crippen LogP contribution in [0.2, 0.25) is 0 Å². The Kier molecular flexibility index (Phi) is 5.89. The van der Waals surface area contributed by atoms with E-state index in [0.29, 0.717) is 41.9 Å². The van der Waals surface area contributed by atoms with E-state index in [1.165, 1.54) is 18.3 Å². The van der Waals surface area contributed by atoms with Crippen molar-refractivity contribution in [2.75, 3.05) is 38.3 Å². The minimum atomic E-state index is -0.536. The van der Waals surface area contributed by atoms with E-state index in [1.807, 2.05) is 12.1 Å². The van der Waals surface area contributed by atoms with Crippen molar-refractivity contribution in [2.45, 2.75) is 19.6 Å². The van der Waals surface area contributed by atoms with Crippen molar-refractivity contribution in [2.24, 2.45) is 0 Å². The normalized spacial score (nSPS) is 16.2. The molecule has 1 saturated heterocycles. The van der Waals surface area contributed by atoms with Crippen LogP contribution in [0.5, 0.6) is 0 Å². The van der Waals surface area contributed by atoms with Crippen molar-refractivity contribution in [3.63, 3.8) is 0 Å². The van der Waals surface area contributed by atoms with Crippen LogP contribution in [-0.4, -0.2) is 54.6 Å². The Bertz CT molecular complexity index is 1330. The summed E-state index contributed by atoms with van der Waals surface area (Å²) in [6.07, 6.45) is 1.46. The summed E-state index contributed by atoms with van der Waals surface area (Å²) in [6, 6.07) is 9.55. The van der Waals surface area contributed by atoms with E-state index in [2.05, 4.69) is 10.2 Å². The number of carbonyl (C=O) groups is 2. The van der Waals surface area contributed by atoms with Crippen LogP contribution in [-0.2, 0) is 29.2 Å². The molecule has 3 heterocycles. The van der Waals surface area contributed by atoms with Gasteiger partial charge in [0, 0.05) is 44.8 Å². The molecule has 176 valence electrons. The van der Waals surface area contributed by atoms with Crippen LogP contribution < -0.4 is 15.6 Å². The summed E-state index contributed by atoms with van der Waals surface area (Å²) in [5, 5.41) is 3.14. The van der Waals surface area contributed by atoms with Crippen molar-refractivity contribution >= 4 is 28.4 Å². The molecule has 1 N–H and O–H groups in total. The van der Waals surface area contributed by atoms with E-state index in [0.717, 1.165) is 18.7 Å². The Hall–Kier alpha value is -3.56. The second-order valence-corrected chi connectivity index (χ2v) is 8.66. The highest BCUT2D eigenvalue weighted by molar-refractivity contribution is 6.07. The van der Waals surface area contributed by atoms with E-state index in [-0.39, 0.29) is 35.8 Å². The van der Waals surface area contributed by atoms with Gasteiger partial charge in [-0.25, -0.2) is 4.39 Å². The zero-order valence-electron chi connectivity index (χ0n) is 18.8. The zero-order chi connectivity index (χ0) is 23.8. The molecule has 1 aromatic heterocycles. The average Bonchev–Trinajstić information content (AvgIpc) is 2.84. The highest BCUT2D eigenvalue weighted by Gasteiger charge is 2.27. The highest BCUT2D eigenvalue weighted by atomic mass is 19.1. The van der Waals surface area contributed by atoms with Gasteiger partial charge in [-0.2, -0.15) is 0 Å². The summed E-state index contributed by atoms with van der Waals surface area (Å²) >= 11 is 0. The molecule has 5 rings (SSSR count). The molecule has 0 bridgehead atoms. The number of pyridine rings is 1. The summed E-state index contributed by atoms with van der Waals surface area (Å²) in [6.45, 7) is 3.71. The number of hydrogen-bond donors (Lipinski definition) is 1. The number of anilines is 1. The maximum Gasteiger partial charge on any atom is 0.257 e. The number of amides is 2. The number of nitrogens with zero attached hydrogens (tertiary/aromatic N) is 3. The van der Waals surface area contributed by atoms with Crippen molar-refractivity contribution in [1.29, 1.82) is 0 Å². The topological polar surface area (TPSA) is 83.9 Å². The number of carbonyl (C=O) groups excluding carboxylic acids is 2. The summed E-state index contributed by atoms with van der Waals surface area (Å²) in [5.41, 5.74) is 2.51. The van der Waals surface area contributed by atoms with E-state index in [4.69, 9.17) is 4.74 Å². The van der Waals surface area contributed by atoms with Gasteiger partial charge in [0.25, 0.3) is 5.91 Å². The maximum absolute atomic E-state index is 13.4. The summed E-state index contributed by atoms with van der Waals surface area (Å²) < 4.78 is 20.2. The van der Waals surface area contributed by atoms with Gasteiger partial charge in [-0.05, 0) is 35.4 Å². The number of rotatable bonds is 5. The Labute approximate surface area is 195 Å². The number of aromatic nitrogens is 1. The quantitative estimate of drug-likeness (QED) is 0.624. The number of ether oxygens (including phenoxy) is 1. The lowest BCUT2D eigenvalue weighted by Crippen LogP contribution is -2.38. The average molecular weight is 464 g/mol. The Balaban J connectivity index is 1.52. The third-order valence-corrected chi connectivity index (χ3v) is 6.37. The summed E-state index contributed by atoms with van der Waals surface area (Å²) in [5.74, 6) is -1.02. The minimum absolute atomic E-state index is 0.0264. The lowest BCUT2D eigenvalue weighted by Gasteiger charge is -2.30. The molecule has 2 aliphatic rings. The molecular weight excluding hydrogens is 439 g/mol. The monoisotopic (exact) mass is 464 g/mol. The molecule has 2 aliphatic heterocycles. The highest BCUT2D eigenvalue weighted by Crippen LogP contribution is 2.31. The molecular formula is C25H25FN4O4. The molecule has 0 radical (unpaired) electrons. The zero-order valence-corrected chi connectivity index (χ0v) is 18.8. The SMILES string of the molecule is CN1C(=O)Cn2cc(C(=O)NCc3ccc(F)cc3)c(=O)c3cc(CN4CCOCC4)cc1c32. The van der Waals surface area contributed by atoms with Crippen molar-refractivity contribution in [3.8, 4) is 0 Å². The van der Waals surface area contributed by atoms with Gasteiger partial charge in [-0.15, -0.1) is 0 Å². The smallest absolute Gasteiger partial charge is 0.257 e. The number of hydrogen-bond acceptors (Lipinski definition) is 5. The minimum Gasteiger partial charge on any atom is -0.379 e. The van der Waals surface area contributed by atoms with Gasteiger partial charge in [0.15, 0.2) is 0 Å². The van der Waals surface area contributed by atoms with Gasteiger partial charge in [0.1, 0.15) is 17.9 Å². The standard InChI is InChI=1S/C25H25FN4O4/c1-28-21-11-17(13-29-6-8-34-9-7-29)10-19-23(21)30(15-22(28)31)14-20(24(19)32)25(33)27-12-16-2-4-18(26)5-3-16/h2-5,10-11,14H,6-9,12-13,15H2,1H3,(H,27,33). The first kappa shape index (κ1) is 22.2. The predicted octanol–water partition coefficient (Wildman–Crippen LogP) is 1.88. The molecule has 2 aromatic carbocycles. The van der Waals surface area contributed by atoms with E-state index < -0.39 is 5.91 Å². The molecule has 0 atom stereocenters. The van der Waals surface area contributed by atoms with Crippen LogP contribution in [0.4, 0.5) is 10.1 Å². The van der Waals surface area contributed by atoms with Gasteiger partial charge in [-0.3, -0.25) is 19.3 Å².